The molecule has 2 atom stereocenters. The van der Waals surface area contributed by atoms with Crippen molar-refractivity contribution in [3.8, 4) is 5.82 Å². The first-order valence-electron chi connectivity index (χ1n) is 9.35. The van der Waals surface area contributed by atoms with Crippen LogP contribution < -0.4 is 10.0 Å². The molecule has 7 nitrogen and oxygen atoms in total. The minimum Gasteiger partial charge on any atom is -0.619 e. The zero-order valence-electron chi connectivity index (χ0n) is 14.9. The van der Waals surface area contributed by atoms with Crippen molar-refractivity contribution in [2.24, 2.45) is 5.92 Å². The van der Waals surface area contributed by atoms with Crippen molar-refractivity contribution in [2.45, 2.75) is 56.2 Å². The van der Waals surface area contributed by atoms with E-state index < -0.39 is 17.6 Å². The van der Waals surface area contributed by atoms with Gasteiger partial charge in [-0.15, -0.1) is 0 Å². The first kappa shape index (κ1) is 17.4. The first-order valence-corrected chi connectivity index (χ1v) is 9.35. The summed E-state index contributed by atoms with van der Waals surface area (Å²) in [6, 6.07) is 0. The van der Waals surface area contributed by atoms with E-state index in [-0.39, 0.29) is 30.3 Å². The highest BCUT2D eigenvalue weighted by Crippen LogP contribution is 2.51. The highest BCUT2D eigenvalue weighted by Gasteiger charge is 2.64. The molecule has 2 aromatic rings. The number of nitrogens with one attached hydrogen (secondary N) is 1. The predicted octanol–water partition coefficient (Wildman–Crippen LogP) is 2.17. The van der Waals surface area contributed by atoms with E-state index in [0.29, 0.717) is 22.6 Å². The molecular weight excluding hydrogens is 375 g/mol. The fourth-order valence-electron chi connectivity index (χ4n) is 4.66. The number of fused-ring (bicyclic) bond motifs is 3. The standard InChI is InChI=1S/C18H18F3N5O2/c19-18(20,21)17(4-5-17)23-16(27)14-12-8-10-2-1-3-11(10)15(12)26(24-14)13-9-25(28)7-6-22-13/h6-7,9-11H,1-5,8H2,(H,23,27)/t10-,11-/m1/s1. The molecule has 10 heteroatoms. The van der Waals surface area contributed by atoms with E-state index >= 15 is 0 Å². The normalized spacial score (nSPS) is 24.7. The van der Waals surface area contributed by atoms with Crippen molar-refractivity contribution in [2.75, 3.05) is 0 Å². The summed E-state index contributed by atoms with van der Waals surface area (Å²) in [4.78, 5) is 16.9. The van der Waals surface area contributed by atoms with Crippen LogP contribution in [0.1, 0.15) is 59.8 Å². The summed E-state index contributed by atoms with van der Waals surface area (Å²) in [5, 5.41) is 18.2. The van der Waals surface area contributed by atoms with Gasteiger partial charge in [0.15, 0.2) is 11.9 Å². The van der Waals surface area contributed by atoms with Crippen molar-refractivity contribution in [1.82, 2.24) is 20.1 Å². The van der Waals surface area contributed by atoms with Gasteiger partial charge < -0.3 is 10.5 Å². The summed E-state index contributed by atoms with van der Waals surface area (Å²) in [6.07, 6.45) is 2.71. The van der Waals surface area contributed by atoms with Gasteiger partial charge in [0.1, 0.15) is 5.54 Å². The van der Waals surface area contributed by atoms with Gasteiger partial charge in [0.25, 0.3) is 5.91 Å². The Morgan fingerprint density at radius 1 is 1.36 bits per heavy atom. The molecule has 0 saturated heterocycles. The molecule has 2 fully saturated rings. The molecule has 148 valence electrons. The zero-order chi connectivity index (χ0) is 19.7. The maximum Gasteiger partial charge on any atom is 0.411 e. The lowest BCUT2D eigenvalue weighted by atomic mass is 9.99. The Morgan fingerprint density at radius 2 is 2.14 bits per heavy atom. The van der Waals surface area contributed by atoms with Gasteiger partial charge in [-0.1, -0.05) is 6.42 Å². The van der Waals surface area contributed by atoms with Crippen LogP contribution in [0.2, 0.25) is 0 Å². The highest BCUT2D eigenvalue weighted by molar-refractivity contribution is 5.95. The number of rotatable bonds is 3. The Bertz CT molecular complexity index is 967. The number of hydrogen-bond acceptors (Lipinski definition) is 4. The number of alkyl halides is 3. The van der Waals surface area contributed by atoms with Gasteiger partial charge in [-0.05, 0) is 38.0 Å². The lowest BCUT2D eigenvalue weighted by Gasteiger charge is -2.20. The number of amides is 1. The molecule has 3 aliphatic rings. The predicted molar refractivity (Wildman–Crippen MR) is 89.6 cm³/mol. The number of nitrogens with zero attached hydrogens (tertiary/aromatic N) is 4. The number of carbonyl (C=O) groups excluding carboxylic acids is 1. The summed E-state index contributed by atoms with van der Waals surface area (Å²) in [5.41, 5.74) is -0.627. The fourth-order valence-corrected chi connectivity index (χ4v) is 4.66. The van der Waals surface area contributed by atoms with Gasteiger partial charge in [-0.2, -0.15) is 23.0 Å². The van der Waals surface area contributed by atoms with Gasteiger partial charge in [0.05, 0.1) is 11.9 Å². The van der Waals surface area contributed by atoms with Crippen LogP contribution in [0.5, 0.6) is 0 Å². The molecule has 2 heterocycles. The molecule has 0 bridgehead atoms. The quantitative estimate of drug-likeness (QED) is 0.640. The van der Waals surface area contributed by atoms with E-state index in [0.717, 1.165) is 25.0 Å². The molecule has 28 heavy (non-hydrogen) atoms. The van der Waals surface area contributed by atoms with Crippen molar-refractivity contribution in [3.63, 3.8) is 0 Å². The Morgan fingerprint density at radius 3 is 2.82 bits per heavy atom. The lowest BCUT2D eigenvalue weighted by molar-refractivity contribution is -0.605. The SMILES string of the molecule is O=C(NC1(C(F)(F)F)CC1)c1nn(-c2c[n+]([O-])ccn2)c2c1C[C@H]1CCC[C@@H]21. The number of carbonyl (C=O) groups is 1. The molecule has 5 rings (SSSR count). The number of hydrogen-bond donors (Lipinski definition) is 1. The zero-order valence-corrected chi connectivity index (χ0v) is 14.9. The average Bonchev–Trinajstić information content (AvgIpc) is 2.98. The van der Waals surface area contributed by atoms with E-state index in [9.17, 15) is 23.2 Å². The van der Waals surface area contributed by atoms with E-state index in [1.165, 1.54) is 23.3 Å². The van der Waals surface area contributed by atoms with Crippen molar-refractivity contribution >= 4 is 5.91 Å². The molecular formula is C18H18F3N5O2. The lowest BCUT2D eigenvalue weighted by Crippen LogP contribution is -2.48. The average molecular weight is 393 g/mol. The third-order valence-corrected chi connectivity index (χ3v) is 6.24. The maximum absolute atomic E-state index is 13.3. The van der Waals surface area contributed by atoms with Crippen LogP contribution in [0, 0.1) is 11.1 Å². The third kappa shape index (κ3) is 2.50. The van der Waals surface area contributed by atoms with E-state index in [1.807, 2.05) is 0 Å². The summed E-state index contributed by atoms with van der Waals surface area (Å²) >= 11 is 0. The maximum atomic E-state index is 13.3. The number of aromatic nitrogens is 4. The Kier molecular flexibility index (Phi) is 3.54. The van der Waals surface area contributed by atoms with Gasteiger partial charge in [-0.3, -0.25) is 4.79 Å². The van der Waals surface area contributed by atoms with Crippen molar-refractivity contribution in [1.29, 1.82) is 0 Å². The summed E-state index contributed by atoms with van der Waals surface area (Å²) in [5.74, 6) is -0.0110. The Hall–Kier alpha value is -2.65. The van der Waals surface area contributed by atoms with Crippen LogP contribution in [-0.2, 0) is 6.42 Å². The van der Waals surface area contributed by atoms with Crippen LogP contribution in [0.25, 0.3) is 5.82 Å². The van der Waals surface area contributed by atoms with E-state index in [1.54, 1.807) is 0 Å². The molecule has 0 unspecified atom stereocenters. The molecule has 0 radical (unpaired) electrons. The molecule has 3 aliphatic carbocycles. The second-order valence-electron chi connectivity index (χ2n) is 7.93. The van der Waals surface area contributed by atoms with E-state index in [2.05, 4.69) is 15.4 Å². The number of halogens is 3. The van der Waals surface area contributed by atoms with Gasteiger partial charge in [0, 0.05) is 11.5 Å². The summed E-state index contributed by atoms with van der Waals surface area (Å²) in [6.45, 7) is 0. The Balaban J connectivity index is 1.57. The minimum absolute atomic E-state index is 0.0167. The minimum atomic E-state index is -4.49. The van der Waals surface area contributed by atoms with Gasteiger partial charge in [-0.25, -0.2) is 9.67 Å². The largest absolute Gasteiger partial charge is 0.619 e. The smallest absolute Gasteiger partial charge is 0.411 e. The molecule has 0 aliphatic heterocycles. The molecule has 2 aromatic heterocycles. The fraction of sp³-hybridized carbons (Fsp3) is 0.556. The van der Waals surface area contributed by atoms with E-state index in [4.69, 9.17) is 0 Å². The van der Waals surface area contributed by atoms with Crippen molar-refractivity contribution < 1.29 is 22.7 Å². The molecule has 0 aromatic carbocycles. The monoisotopic (exact) mass is 393 g/mol. The summed E-state index contributed by atoms with van der Waals surface area (Å²) < 4.78 is 41.8. The first-order chi connectivity index (χ1) is 13.3. The molecule has 1 amide bonds. The van der Waals surface area contributed by atoms with Gasteiger partial charge >= 0.3 is 6.18 Å². The van der Waals surface area contributed by atoms with Crippen LogP contribution in [0.3, 0.4) is 0 Å². The molecule has 1 N–H and O–H groups in total. The van der Waals surface area contributed by atoms with Crippen molar-refractivity contribution in [3.05, 3.63) is 40.7 Å². The molecule has 2 saturated carbocycles. The van der Waals surface area contributed by atoms with Crippen LogP contribution in [0.4, 0.5) is 13.2 Å². The summed E-state index contributed by atoms with van der Waals surface area (Å²) in [7, 11) is 0. The molecule has 0 spiro atoms. The second kappa shape index (κ2) is 5.68. The second-order valence-corrected chi connectivity index (χ2v) is 7.93. The highest BCUT2D eigenvalue weighted by atomic mass is 19.4. The van der Waals surface area contributed by atoms with Crippen LogP contribution in [0.15, 0.2) is 18.6 Å². The van der Waals surface area contributed by atoms with Crippen LogP contribution in [-0.4, -0.2) is 32.4 Å². The van der Waals surface area contributed by atoms with Gasteiger partial charge in [0.2, 0.25) is 12.0 Å². The Labute approximate surface area is 158 Å². The van der Waals surface area contributed by atoms with Crippen LogP contribution >= 0.6 is 0 Å². The topological polar surface area (TPSA) is 86.8 Å². The third-order valence-electron chi connectivity index (χ3n) is 6.24.